The molecule has 1 aliphatic carbocycles. The van der Waals surface area contributed by atoms with Crippen molar-refractivity contribution in [1.29, 1.82) is 0 Å². The van der Waals surface area contributed by atoms with Crippen molar-refractivity contribution in [2.45, 2.75) is 25.9 Å². The van der Waals surface area contributed by atoms with Gasteiger partial charge in [0.1, 0.15) is 22.5 Å². The van der Waals surface area contributed by atoms with Gasteiger partial charge in [-0.3, -0.25) is 0 Å². The lowest BCUT2D eigenvalue weighted by Gasteiger charge is -2.29. The number of nitrogens with zero attached hydrogens (tertiary/aromatic N) is 2. The lowest BCUT2D eigenvalue weighted by Crippen LogP contribution is -2.30. The molecule has 0 fully saturated rings. The summed E-state index contributed by atoms with van der Waals surface area (Å²) in [6, 6.07) is 50.0. The first-order valence-corrected chi connectivity index (χ1v) is 17.6. The van der Waals surface area contributed by atoms with E-state index >= 15 is 0 Å². The van der Waals surface area contributed by atoms with Crippen molar-refractivity contribution in [1.82, 2.24) is 0 Å². The first-order valence-electron chi connectivity index (χ1n) is 17.6. The summed E-state index contributed by atoms with van der Waals surface area (Å²) in [7, 11) is 0. The molecule has 2 heterocycles. The van der Waals surface area contributed by atoms with Crippen molar-refractivity contribution in [3.63, 3.8) is 0 Å². The number of amidine groups is 1. The summed E-state index contributed by atoms with van der Waals surface area (Å²) >= 11 is 0. The topological polar surface area (TPSA) is 47.1 Å². The second-order valence-corrected chi connectivity index (χ2v) is 13.6. The number of furan rings is 1. The van der Waals surface area contributed by atoms with E-state index < -0.39 is 5.60 Å². The highest BCUT2D eigenvalue weighted by atomic mass is 16.5. The molecule has 6 aromatic carbocycles. The molecule has 0 N–H and O–H groups in total. The Morgan fingerprint density at radius 1 is 0.635 bits per heavy atom. The number of para-hydroxylation sites is 1. The van der Waals surface area contributed by atoms with E-state index in [9.17, 15) is 0 Å². The highest BCUT2D eigenvalue weighted by Gasteiger charge is 2.42. The van der Waals surface area contributed by atoms with Gasteiger partial charge in [-0.2, -0.15) is 0 Å². The van der Waals surface area contributed by atoms with Gasteiger partial charge >= 0.3 is 0 Å². The minimum Gasteiger partial charge on any atom is -0.482 e. The number of ether oxygens (including phenoxy) is 1. The van der Waals surface area contributed by atoms with E-state index in [2.05, 4.69) is 147 Å². The van der Waals surface area contributed by atoms with Crippen LogP contribution < -0.4 is 4.74 Å². The molecular weight excluding hydrogens is 637 g/mol. The van der Waals surface area contributed by atoms with E-state index in [1.807, 2.05) is 31.2 Å². The van der Waals surface area contributed by atoms with Gasteiger partial charge in [0.25, 0.3) is 0 Å². The van der Waals surface area contributed by atoms with E-state index in [0.717, 1.165) is 73.2 Å². The number of fused-ring (bicyclic) bond motifs is 6. The van der Waals surface area contributed by atoms with Gasteiger partial charge in [0.05, 0.1) is 5.70 Å². The van der Waals surface area contributed by atoms with Crippen LogP contribution in [0.2, 0.25) is 0 Å². The van der Waals surface area contributed by atoms with Gasteiger partial charge in [-0.25, -0.2) is 9.98 Å². The number of allylic oxidation sites excluding steroid dienone is 2. The van der Waals surface area contributed by atoms with Gasteiger partial charge < -0.3 is 9.15 Å². The predicted molar refractivity (Wildman–Crippen MR) is 216 cm³/mol. The highest BCUT2D eigenvalue weighted by molar-refractivity contribution is 6.14. The Bertz CT molecular complexity index is 2640. The molecule has 1 unspecified atom stereocenters. The lowest BCUT2D eigenvalue weighted by molar-refractivity contribution is 0.170. The van der Waals surface area contributed by atoms with Gasteiger partial charge in [-0.1, -0.05) is 140 Å². The number of hydrogen-bond donors (Lipinski definition) is 0. The van der Waals surface area contributed by atoms with Crippen LogP contribution in [0.1, 0.15) is 48.1 Å². The van der Waals surface area contributed by atoms with Crippen molar-refractivity contribution in [2.75, 3.05) is 0 Å². The number of hydrogen-bond acceptors (Lipinski definition) is 3. The normalized spacial score (nSPS) is 17.0. The quantitative estimate of drug-likeness (QED) is 0.130. The maximum Gasteiger partial charge on any atom is 0.160 e. The third kappa shape index (κ3) is 5.59. The van der Waals surface area contributed by atoms with Crippen LogP contribution in [-0.2, 0) is 0 Å². The minimum atomic E-state index is -0.445. The molecule has 0 spiro atoms. The molecule has 4 heteroatoms. The molecule has 1 aromatic heterocycles. The molecule has 4 nitrogen and oxygen atoms in total. The van der Waals surface area contributed by atoms with Crippen molar-refractivity contribution < 1.29 is 9.15 Å². The third-order valence-electron chi connectivity index (χ3n) is 10.2. The van der Waals surface area contributed by atoms with Crippen LogP contribution in [0.25, 0.3) is 49.9 Å². The Morgan fingerprint density at radius 3 is 2.08 bits per heavy atom. The fourth-order valence-corrected chi connectivity index (χ4v) is 7.45. The second-order valence-electron chi connectivity index (χ2n) is 13.6. The first kappa shape index (κ1) is 31.5. The fraction of sp³-hybridized carbons (Fsp3) is 0.0833. The molecule has 1 atom stereocenters. The van der Waals surface area contributed by atoms with Crippen LogP contribution in [-0.4, -0.2) is 17.1 Å². The molecule has 0 radical (unpaired) electrons. The van der Waals surface area contributed by atoms with E-state index in [1.165, 1.54) is 16.7 Å². The molecule has 0 saturated carbocycles. The van der Waals surface area contributed by atoms with Crippen molar-refractivity contribution in [3.05, 3.63) is 192 Å². The Hall–Kier alpha value is -6.52. The molecule has 7 aromatic rings. The third-order valence-corrected chi connectivity index (χ3v) is 10.2. The molecule has 52 heavy (non-hydrogen) atoms. The Balaban J connectivity index is 1.10. The molecule has 2 aliphatic rings. The van der Waals surface area contributed by atoms with E-state index in [4.69, 9.17) is 19.1 Å². The molecule has 0 bridgehead atoms. The molecule has 250 valence electrons. The van der Waals surface area contributed by atoms with Crippen LogP contribution in [0.4, 0.5) is 0 Å². The summed E-state index contributed by atoms with van der Waals surface area (Å²) < 4.78 is 12.9. The zero-order valence-corrected chi connectivity index (χ0v) is 29.1. The monoisotopic (exact) mass is 672 g/mol. The fourth-order valence-electron chi connectivity index (χ4n) is 7.45. The van der Waals surface area contributed by atoms with E-state index in [-0.39, 0.29) is 0 Å². The molecule has 9 rings (SSSR count). The summed E-state index contributed by atoms with van der Waals surface area (Å²) in [5, 5.41) is 2.19. The van der Waals surface area contributed by atoms with Gasteiger partial charge in [0, 0.05) is 45.2 Å². The first-order chi connectivity index (χ1) is 25.4. The van der Waals surface area contributed by atoms with Gasteiger partial charge in [-0.05, 0) is 65.9 Å². The number of benzene rings is 6. The SMILES string of the molecule is C=C(N=C(N=C(C)c1ccc2c(c1)oc1ccccc12)c1ccc(-c2ccccc2)cc1)c1ccc2c(c1)OC1(C)CC=CC(c3ccccc3)=C21. The summed E-state index contributed by atoms with van der Waals surface area (Å²) in [6.45, 7) is 8.64. The van der Waals surface area contributed by atoms with Crippen LogP contribution >= 0.6 is 0 Å². The summed E-state index contributed by atoms with van der Waals surface area (Å²) in [5.74, 6) is 1.42. The van der Waals surface area contributed by atoms with Gasteiger partial charge in [0.2, 0.25) is 0 Å². The second kappa shape index (κ2) is 12.7. The molecule has 0 amide bonds. The van der Waals surface area contributed by atoms with Crippen molar-refractivity contribution >= 4 is 50.3 Å². The zero-order valence-electron chi connectivity index (χ0n) is 29.1. The lowest BCUT2D eigenvalue weighted by atomic mass is 9.80. The van der Waals surface area contributed by atoms with Crippen molar-refractivity contribution in [2.24, 2.45) is 9.98 Å². The summed E-state index contributed by atoms with van der Waals surface area (Å²) in [4.78, 5) is 10.3. The Labute approximate surface area is 303 Å². The zero-order chi connectivity index (χ0) is 35.2. The predicted octanol–water partition coefficient (Wildman–Crippen LogP) is 12.2. The largest absolute Gasteiger partial charge is 0.482 e. The van der Waals surface area contributed by atoms with Crippen LogP contribution in [0.5, 0.6) is 5.75 Å². The van der Waals surface area contributed by atoms with Crippen LogP contribution in [0.15, 0.2) is 179 Å². The Morgan fingerprint density at radius 2 is 1.29 bits per heavy atom. The maximum atomic E-state index is 6.73. The van der Waals surface area contributed by atoms with Gasteiger partial charge in [-0.15, -0.1) is 0 Å². The number of aliphatic imine (C=N–C) groups is 2. The summed E-state index contributed by atoms with van der Waals surface area (Å²) in [5.41, 5.74) is 12.4. The summed E-state index contributed by atoms with van der Waals surface area (Å²) in [6.07, 6.45) is 5.24. The number of rotatable bonds is 6. The van der Waals surface area contributed by atoms with Crippen molar-refractivity contribution in [3.8, 4) is 16.9 Å². The standard InChI is InChI=1S/C48H36N2O2/c1-31(37-24-26-41-40-17-10-11-19-43(40)51-44(41)29-37)49-47(36-22-20-34(21-23-36)33-13-6-4-7-14-33)50-32(2)38-25-27-42-45(30-38)52-48(3)28-12-18-39(46(42)48)35-15-8-5-9-16-35/h4-27,29-30H,2,28H2,1,3H3. The maximum absolute atomic E-state index is 6.73. The van der Waals surface area contributed by atoms with E-state index in [1.54, 1.807) is 0 Å². The average molecular weight is 673 g/mol. The minimum absolute atomic E-state index is 0.445. The van der Waals surface area contributed by atoms with Crippen LogP contribution in [0.3, 0.4) is 0 Å². The molecular formula is C48H36N2O2. The van der Waals surface area contributed by atoms with Crippen LogP contribution in [0, 0.1) is 0 Å². The van der Waals surface area contributed by atoms with E-state index in [0.29, 0.717) is 11.5 Å². The molecule has 0 saturated heterocycles. The average Bonchev–Trinajstić information content (AvgIpc) is 3.72. The molecule has 1 aliphatic heterocycles. The highest BCUT2D eigenvalue weighted by Crippen LogP contribution is 2.52. The van der Waals surface area contributed by atoms with Gasteiger partial charge in [0.15, 0.2) is 5.84 Å². The smallest absolute Gasteiger partial charge is 0.160 e. The Kier molecular flexibility index (Phi) is 7.66.